The molecule has 0 fully saturated rings. The molecule has 166 valence electrons. The normalized spacial score (nSPS) is 10.9. The van der Waals surface area contributed by atoms with Gasteiger partial charge in [-0.3, -0.25) is 0 Å². The minimum atomic E-state index is -2.87. The summed E-state index contributed by atoms with van der Waals surface area (Å²) in [5, 5.41) is 6.39. The van der Waals surface area contributed by atoms with Crippen molar-refractivity contribution >= 4 is 29.9 Å². The van der Waals surface area contributed by atoms with Gasteiger partial charge in [0.25, 0.3) is 0 Å². The molecule has 0 bridgehead atoms. The van der Waals surface area contributed by atoms with Crippen molar-refractivity contribution in [1.82, 2.24) is 10.6 Å². The molecule has 0 aliphatic rings. The van der Waals surface area contributed by atoms with E-state index in [1.165, 1.54) is 6.07 Å². The Balaban J connectivity index is 0.00000450. The van der Waals surface area contributed by atoms with Crippen LogP contribution in [0.2, 0.25) is 0 Å². The average molecular weight is 535 g/mol. The van der Waals surface area contributed by atoms with Gasteiger partial charge in [-0.05, 0) is 37.1 Å². The average Bonchev–Trinajstić information content (AvgIpc) is 2.72. The Morgan fingerprint density at radius 1 is 1.00 bits per heavy atom. The lowest BCUT2D eigenvalue weighted by Gasteiger charge is -2.13. The lowest BCUT2D eigenvalue weighted by atomic mass is 10.1. The molecule has 0 aliphatic carbocycles. The lowest BCUT2D eigenvalue weighted by molar-refractivity contribution is -0.0504. The monoisotopic (exact) mass is 535 g/mol. The zero-order valence-corrected chi connectivity index (χ0v) is 19.6. The molecule has 0 aromatic heterocycles. The highest BCUT2D eigenvalue weighted by Gasteiger charge is 2.09. The largest absolute Gasteiger partial charge is 0.493 e. The number of nitrogens with zero attached hydrogens (tertiary/aromatic N) is 1. The molecule has 0 unspecified atom stereocenters. The quantitative estimate of drug-likeness (QED) is 0.271. The summed E-state index contributed by atoms with van der Waals surface area (Å²) >= 11 is 0. The van der Waals surface area contributed by atoms with Crippen LogP contribution in [0.5, 0.6) is 17.2 Å². The Morgan fingerprint density at radius 2 is 1.73 bits per heavy atom. The molecular formula is C21H28F2IN3O3. The fraction of sp³-hybridized carbons (Fsp3) is 0.381. The molecule has 6 nitrogen and oxygen atoms in total. The van der Waals surface area contributed by atoms with Gasteiger partial charge in [0.1, 0.15) is 5.75 Å². The Kier molecular flexibility index (Phi) is 11.9. The molecule has 0 aliphatic heterocycles. The number of para-hydroxylation sites is 1. The maximum Gasteiger partial charge on any atom is 0.387 e. The summed E-state index contributed by atoms with van der Waals surface area (Å²) in [5.41, 5.74) is 1.67. The van der Waals surface area contributed by atoms with Gasteiger partial charge < -0.3 is 24.8 Å². The zero-order valence-electron chi connectivity index (χ0n) is 17.3. The van der Waals surface area contributed by atoms with Crippen molar-refractivity contribution in [2.75, 3.05) is 27.3 Å². The number of hydrogen-bond acceptors (Lipinski definition) is 4. The topological polar surface area (TPSA) is 64.1 Å². The number of alkyl halides is 2. The fourth-order valence-electron chi connectivity index (χ4n) is 2.71. The summed E-state index contributed by atoms with van der Waals surface area (Å²) in [6.07, 6.45) is 0.746. The second-order valence-corrected chi connectivity index (χ2v) is 6.05. The molecule has 2 rings (SSSR count). The van der Waals surface area contributed by atoms with E-state index in [2.05, 4.69) is 20.4 Å². The van der Waals surface area contributed by atoms with Crippen LogP contribution < -0.4 is 24.8 Å². The highest BCUT2D eigenvalue weighted by molar-refractivity contribution is 14.0. The molecule has 2 N–H and O–H groups in total. The van der Waals surface area contributed by atoms with Crippen LogP contribution >= 0.6 is 24.0 Å². The Hall–Kier alpha value is -2.30. The van der Waals surface area contributed by atoms with Crippen molar-refractivity contribution in [3.05, 3.63) is 53.6 Å². The smallest absolute Gasteiger partial charge is 0.387 e. The van der Waals surface area contributed by atoms with E-state index >= 15 is 0 Å². The number of hydrogen-bond donors (Lipinski definition) is 2. The summed E-state index contributed by atoms with van der Waals surface area (Å²) in [6, 6.07) is 12.4. The van der Waals surface area contributed by atoms with Crippen molar-refractivity contribution in [2.45, 2.75) is 26.5 Å². The van der Waals surface area contributed by atoms with Gasteiger partial charge in [-0.1, -0.05) is 24.3 Å². The van der Waals surface area contributed by atoms with Gasteiger partial charge in [0.2, 0.25) is 0 Å². The Bertz CT molecular complexity index is 807. The molecule has 0 saturated heterocycles. The van der Waals surface area contributed by atoms with Crippen LogP contribution in [0.1, 0.15) is 18.1 Å². The number of aliphatic imine (C=N–C) groups is 1. The summed E-state index contributed by atoms with van der Waals surface area (Å²) in [4.78, 5) is 4.47. The van der Waals surface area contributed by atoms with Gasteiger partial charge in [0.05, 0.1) is 20.8 Å². The second-order valence-electron chi connectivity index (χ2n) is 6.05. The summed E-state index contributed by atoms with van der Waals surface area (Å²) in [7, 11) is 3.20. The van der Waals surface area contributed by atoms with Crippen molar-refractivity contribution in [3.8, 4) is 17.2 Å². The Morgan fingerprint density at radius 3 is 2.40 bits per heavy atom. The van der Waals surface area contributed by atoms with Crippen LogP contribution in [-0.2, 0) is 13.0 Å². The first kappa shape index (κ1) is 25.7. The van der Waals surface area contributed by atoms with Gasteiger partial charge in [0.15, 0.2) is 17.5 Å². The van der Waals surface area contributed by atoms with Crippen molar-refractivity contribution in [3.63, 3.8) is 0 Å². The number of nitrogens with one attached hydrogen (secondary N) is 2. The van der Waals surface area contributed by atoms with Crippen LogP contribution in [0.15, 0.2) is 47.5 Å². The van der Waals surface area contributed by atoms with Gasteiger partial charge in [-0.15, -0.1) is 24.0 Å². The SMILES string of the molecule is CCNC(=NCc1ccccc1OC(F)F)NCCc1ccc(OC)c(OC)c1.I. The van der Waals surface area contributed by atoms with E-state index in [-0.39, 0.29) is 36.3 Å². The molecule has 2 aromatic carbocycles. The maximum atomic E-state index is 12.6. The van der Waals surface area contributed by atoms with E-state index in [1.54, 1.807) is 32.4 Å². The maximum absolute atomic E-state index is 12.6. The van der Waals surface area contributed by atoms with Crippen LogP contribution in [0.25, 0.3) is 0 Å². The van der Waals surface area contributed by atoms with E-state index in [1.807, 2.05) is 25.1 Å². The number of halogens is 3. The van der Waals surface area contributed by atoms with Crippen molar-refractivity contribution in [2.24, 2.45) is 4.99 Å². The predicted octanol–water partition coefficient (Wildman–Crippen LogP) is 4.22. The second kappa shape index (κ2) is 13.8. The predicted molar refractivity (Wildman–Crippen MR) is 125 cm³/mol. The van der Waals surface area contributed by atoms with Crippen molar-refractivity contribution < 1.29 is 23.0 Å². The molecule has 0 saturated carbocycles. The lowest BCUT2D eigenvalue weighted by Crippen LogP contribution is -2.38. The molecule has 30 heavy (non-hydrogen) atoms. The standard InChI is InChI=1S/C21H27F2N3O3.HI/c1-4-24-21(26-14-16-7-5-6-8-17(16)29-20(22)23)25-12-11-15-9-10-18(27-2)19(13-15)28-3;/h5-10,13,20H,4,11-12,14H2,1-3H3,(H2,24,25,26);1H. The van der Waals surface area contributed by atoms with Gasteiger partial charge >= 0.3 is 6.61 Å². The van der Waals surface area contributed by atoms with Gasteiger partial charge in [-0.25, -0.2) is 4.99 Å². The number of rotatable bonds is 10. The molecule has 2 aromatic rings. The zero-order chi connectivity index (χ0) is 21.1. The highest BCUT2D eigenvalue weighted by atomic mass is 127. The third kappa shape index (κ3) is 8.21. The minimum absolute atomic E-state index is 0. The van der Waals surface area contributed by atoms with E-state index in [0.29, 0.717) is 36.1 Å². The van der Waals surface area contributed by atoms with E-state index in [9.17, 15) is 8.78 Å². The van der Waals surface area contributed by atoms with Gasteiger partial charge in [0, 0.05) is 18.7 Å². The van der Waals surface area contributed by atoms with Crippen LogP contribution in [0, 0.1) is 0 Å². The van der Waals surface area contributed by atoms with E-state index in [4.69, 9.17) is 9.47 Å². The fourth-order valence-corrected chi connectivity index (χ4v) is 2.71. The number of benzene rings is 2. The molecule has 0 atom stereocenters. The molecular weight excluding hydrogens is 507 g/mol. The minimum Gasteiger partial charge on any atom is -0.493 e. The summed E-state index contributed by atoms with van der Waals surface area (Å²) < 4.78 is 40.2. The third-order valence-electron chi connectivity index (χ3n) is 4.09. The molecule has 0 amide bonds. The molecule has 9 heteroatoms. The van der Waals surface area contributed by atoms with Gasteiger partial charge in [-0.2, -0.15) is 8.78 Å². The van der Waals surface area contributed by atoms with E-state index in [0.717, 1.165) is 12.0 Å². The van der Waals surface area contributed by atoms with Crippen LogP contribution in [0.4, 0.5) is 8.78 Å². The number of ether oxygens (including phenoxy) is 3. The summed E-state index contributed by atoms with van der Waals surface area (Å²) in [6.45, 7) is 0.620. The first-order chi connectivity index (χ1) is 14.1. The highest BCUT2D eigenvalue weighted by Crippen LogP contribution is 2.27. The molecule has 0 spiro atoms. The molecule has 0 radical (unpaired) electrons. The van der Waals surface area contributed by atoms with E-state index < -0.39 is 6.61 Å². The number of guanidine groups is 1. The summed E-state index contributed by atoms with van der Waals surface area (Å²) in [5.74, 6) is 2.09. The first-order valence-electron chi connectivity index (χ1n) is 9.33. The van der Waals surface area contributed by atoms with Crippen LogP contribution in [0.3, 0.4) is 0 Å². The molecule has 0 heterocycles. The van der Waals surface area contributed by atoms with Crippen LogP contribution in [-0.4, -0.2) is 39.9 Å². The Labute approximate surface area is 193 Å². The third-order valence-corrected chi connectivity index (χ3v) is 4.09. The van der Waals surface area contributed by atoms with Crippen molar-refractivity contribution in [1.29, 1.82) is 0 Å². The first-order valence-corrected chi connectivity index (χ1v) is 9.33. The number of methoxy groups -OCH3 is 2.